The molecule has 142 valence electrons. The third-order valence-corrected chi connectivity index (χ3v) is 5.33. The van der Waals surface area contributed by atoms with E-state index in [4.69, 9.17) is 4.74 Å². The highest BCUT2D eigenvalue weighted by Crippen LogP contribution is 2.31. The maximum Gasteiger partial charge on any atom is 0.326 e. The molecule has 2 aromatic rings. The van der Waals surface area contributed by atoms with Crippen LogP contribution in [0, 0.1) is 5.82 Å². The number of carboxylic acid groups (broad SMARTS) is 1. The predicted octanol–water partition coefficient (Wildman–Crippen LogP) is 1.81. The summed E-state index contributed by atoms with van der Waals surface area (Å²) in [5.41, 5.74) is 2.53. The number of carboxylic acids is 1. The van der Waals surface area contributed by atoms with Crippen molar-refractivity contribution < 1.29 is 23.8 Å². The molecule has 1 aromatic carbocycles. The molecule has 0 radical (unpaired) electrons. The van der Waals surface area contributed by atoms with Crippen LogP contribution in [0.25, 0.3) is 5.69 Å². The Bertz CT molecular complexity index is 910. The number of aromatic nitrogens is 2. The Morgan fingerprint density at radius 1 is 1.33 bits per heavy atom. The fourth-order valence-electron chi connectivity index (χ4n) is 3.99. The first-order valence-electron chi connectivity index (χ1n) is 8.93. The summed E-state index contributed by atoms with van der Waals surface area (Å²) in [6.07, 6.45) is 2.27. The van der Waals surface area contributed by atoms with Crippen molar-refractivity contribution in [2.75, 3.05) is 13.7 Å². The first-order valence-corrected chi connectivity index (χ1v) is 8.93. The molecule has 27 heavy (non-hydrogen) atoms. The fourth-order valence-corrected chi connectivity index (χ4v) is 3.99. The second-order valence-electron chi connectivity index (χ2n) is 6.92. The summed E-state index contributed by atoms with van der Waals surface area (Å²) < 4.78 is 20.5. The van der Waals surface area contributed by atoms with Gasteiger partial charge < -0.3 is 14.7 Å². The summed E-state index contributed by atoms with van der Waals surface area (Å²) in [4.78, 5) is 26.1. The van der Waals surface area contributed by atoms with Crippen molar-refractivity contribution >= 4 is 11.9 Å². The summed E-state index contributed by atoms with van der Waals surface area (Å²) in [6.45, 7) is 0.216. The lowest BCUT2D eigenvalue weighted by molar-refractivity contribution is -0.141. The fraction of sp³-hybridized carbons (Fsp3) is 0.421. The Morgan fingerprint density at radius 2 is 2.15 bits per heavy atom. The Kier molecular flexibility index (Phi) is 4.43. The molecule has 7 nitrogen and oxygen atoms in total. The van der Waals surface area contributed by atoms with E-state index in [-0.39, 0.29) is 30.6 Å². The van der Waals surface area contributed by atoms with Gasteiger partial charge in [-0.15, -0.1) is 0 Å². The van der Waals surface area contributed by atoms with Gasteiger partial charge in [-0.3, -0.25) is 4.79 Å². The standard InChI is InChI=1S/C19H20FN3O4/c1-27-13-9-16(19(25)26)22(10-13)18(24)17-14-6-3-7-15(14)23(21-17)12-5-2-4-11(20)8-12/h2,4-5,8,13,16H,3,6-7,9-10H2,1H3,(H,25,26). The minimum atomic E-state index is -1.05. The van der Waals surface area contributed by atoms with E-state index in [1.165, 1.54) is 24.1 Å². The molecule has 0 spiro atoms. The van der Waals surface area contributed by atoms with Crippen LogP contribution in [-0.2, 0) is 22.4 Å². The van der Waals surface area contributed by atoms with Gasteiger partial charge in [0.2, 0.25) is 0 Å². The molecular weight excluding hydrogens is 353 g/mol. The second-order valence-corrected chi connectivity index (χ2v) is 6.92. The van der Waals surface area contributed by atoms with Crippen molar-refractivity contribution in [3.05, 3.63) is 47.0 Å². The number of hydrogen-bond acceptors (Lipinski definition) is 4. The lowest BCUT2D eigenvalue weighted by atomic mass is 10.1. The highest BCUT2D eigenvalue weighted by molar-refractivity contribution is 5.97. The van der Waals surface area contributed by atoms with Gasteiger partial charge in [0.1, 0.15) is 11.9 Å². The number of halogens is 1. The van der Waals surface area contributed by atoms with Crippen LogP contribution in [0.4, 0.5) is 4.39 Å². The molecule has 0 saturated carbocycles. The minimum absolute atomic E-state index is 0.216. The highest BCUT2D eigenvalue weighted by Gasteiger charge is 2.42. The van der Waals surface area contributed by atoms with E-state index in [9.17, 15) is 19.1 Å². The number of carbonyl (C=O) groups excluding carboxylic acids is 1. The quantitative estimate of drug-likeness (QED) is 0.884. The molecule has 8 heteroatoms. The molecule has 1 amide bonds. The molecule has 1 aliphatic carbocycles. The number of likely N-dealkylation sites (tertiary alicyclic amines) is 1. The third-order valence-electron chi connectivity index (χ3n) is 5.33. The molecule has 1 N–H and O–H groups in total. The van der Waals surface area contributed by atoms with E-state index in [1.807, 2.05) is 0 Å². The Labute approximate surface area is 155 Å². The molecule has 1 fully saturated rings. The van der Waals surface area contributed by atoms with E-state index >= 15 is 0 Å². The zero-order valence-corrected chi connectivity index (χ0v) is 14.9. The minimum Gasteiger partial charge on any atom is -0.480 e. The monoisotopic (exact) mass is 373 g/mol. The first-order chi connectivity index (χ1) is 13.0. The van der Waals surface area contributed by atoms with Gasteiger partial charge in [-0.25, -0.2) is 13.9 Å². The number of aliphatic carboxylic acids is 1. The van der Waals surface area contributed by atoms with E-state index in [2.05, 4.69) is 5.10 Å². The van der Waals surface area contributed by atoms with Crippen molar-refractivity contribution in [3.63, 3.8) is 0 Å². The number of nitrogens with zero attached hydrogens (tertiary/aromatic N) is 3. The van der Waals surface area contributed by atoms with Gasteiger partial charge in [-0.05, 0) is 37.5 Å². The maximum atomic E-state index is 13.6. The molecule has 4 rings (SSSR count). The van der Waals surface area contributed by atoms with E-state index in [0.29, 0.717) is 12.1 Å². The van der Waals surface area contributed by atoms with Crippen LogP contribution in [-0.4, -0.2) is 57.5 Å². The van der Waals surface area contributed by atoms with Crippen LogP contribution in [0.1, 0.15) is 34.6 Å². The highest BCUT2D eigenvalue weighted by atomic mass is 19.1. The smallest absolute Gasteiger partial charge is 0.326 e. The number of ether oxygens (including phenoxy) is 1. The van der Waals surface area contributed by atoms with Gasteiger partial charge in [-0.2, -0.15) is 5.10 Å². The van der Waals surface area contributed by atoms with Crippen molar-refractivity contribution in [2.24, 2.45) is 0 Å². The molecule has 2 atom stereocenters. The molecule has 1 aliphatic heterocycles. The van der Waals surface area contributed by atoms with Crippen LogP contribution < -0.4 is 0 Å². The molecule has 0 bridgehead atoms. The van der Waals surface area contributed by atoms with E-state index in [0.717, 1.165) is 24.1 Å². The largest absolute Gasteiger partial charge is 0.480 e. The molecule has 2 unspecified atom stereocenters. The molecular formula is C19H20FN3O4. The summed E-state index contributed by atoms with van der Waals surface area (Å²) >= 11 is 0. The number of hydrogen-bond donors (Lipinski definition) is 1. The Hall–Kier alpha value is -2.74. The molecule has 2 heterocycles. The lowest BCUT2D eigenvalue weighted by Gasteiger charge is -2.20. The number of fused-ring (bicyclic) bond motifs is 1. The summed E-state index contributed by atoms with van der Waals surface area (Å²) in [5, 5.41) is 13.9. The zero-order valence-electron chi connectivity index (χ0n) is 14.9. The van der Waals surface area contributed by atoms with E-state index < -0.39 is 17.9 Å². The average Bonchev–Trinajstić information content (AvgIpc) is 3.35. The number of amides is 1. The second kappa shape index (κ2) is 6.77. The van der Waals surface area contributed by atoms with Crippen molar-refractivity contribution in [2.45, 2.75) is 37.8 Å². The topological polar surface area (TPSA) is 84.7 Å². The summed E-state index contributed by atoms with van der Waals surface area (Å²) in [6, 6.07) is 5.13. The van der Waals surface area contributed by atoms with Gasteiger partial charge in [0, 0.05) is 31.3 Å². The zero-order chi connectivity index (χ0) is 19.1. The van der Waals surface area contributed by atoms with Gasteiger partial charge in [-0.1, -0.05) is 6.07 Å². The average molecular weight is 373 g/mol. The van der Waals surface area contributed by atoms with Crippen molar-refractivity contribution in [1.29, 1.82) is 0 Å². The summed E-state index contributed by atoms with van der Waals surface area (Å²) in [7, 11) is 1.51. The SMILES string of the molecule is COC1CC(C(=O)O)N(C(=O)c2nn(-c3cccc(F)c3)c3c2CCC3)C1. The van der Waals surface area contributed by atoms with Crippen LogP contribution in [0.15, 0.2) is 24.3 Å². The molecule has 2 aliphatic rings. The lowest BCUT2D eigenvalue weighted by Crippen LogP contribution is -2.41. The Balaban J connectivity index is 1.73. The maximum absolute atomic E-state index is 13.6. The number of methoxy groups -OCH3 is 1. The van der Waals surface area contributed by atoms with Crippen LogP contribution in [0.2, 0.25) is 0 Å². The molecule has 1 saturated heterocycles. The van der Waals surface area contributed by atoms with Crippen LogP contribution in [0.3, 0.4) is 0 Å². The third kappa shape index (κ3) is 2.99. The van der Waals surface area contributed by atoms with Crippen LogP contribution in [0.5, 0.6) is 0 Å². The van der Waals surface area contributed by atoms with Gasteiger partial charge in [0.15, 0.2) is 5.69 Å². The molecule has 1 aromatic heterocycles. The number of rotatable bonds is 4. The van der Waals surface area contributed by atoms with Gasteiger partial charge in [0.25, 0.3) is 5.91 Å². The summed E-state index contributed by atoms with van der Waals surface area (Å²) in [5.74, 6) is -1.84. The normalized spacial score (nSPS) is 21.5. The van der Waals surface area contributed by atoms with Crippen molar-refractivity contribution in [1.82, 2.24) is 14.7 Å². The van der Waals surface area contributed by atoms with Crippen molar-refractivity contribution in [3.8, 4) is 5.69 Å². The number of carbonyl (C=O) groups is 2. The Morgan fingerprint density at radius 3 is 2.85 bits per heavy atom. The van der Waals surface area contributed by atoms with Gasteiger partial charge >= 0.3 is 5.97 Å². The first kappa shape index (κ1) is 17.7. The predicted molar refractivity (Wildman–Crippen MR) is 93.4 cm³/mol. The van der Waals surface area contributed by atoms with E-state index in [1.54, 1.807) is 16.8 Å². The van der Waals surface area contributed by atoms with Gasteiger partial charge in [0.05, 0.1) is 11.8 Å². The van der Waals surface area contributed by atoms with Crippen LogP contribution >= 0.6 is 0 Å². The number of benzene rings is 1.